The molecule has 0 amide bonds. The van der Waals surface area contributed by atoms with Gasteiger partial charge in [-0.05, 0) is 53.8 Å². The van der Waals surface area contributed by atoms with Gasteiger partial charge in [0.1, 0.15) is 15.2 Å². The zero-order valence-corrected chi connectivity index (χ0v) is 11.6. The predicted octanol–water partition coefficient (Wildman–Crippen LogP) is 3.70. The van der Waals surface area contributed by atoms with E-state index in [9.17, 15) is 10.1 Å². The summed E-state index contributed by atoms with van der Waals surface area (Å²) in [5.74, 6) is 1.16. The van der Waals surface area contributed by atoms with Crippen molar-refractivity contribution < 1.29 is 9.66 Å². The molecule has 18 heavy (non-hydrogen) atoms. The molecule has 0 saturated heterocycles. The van der Waals surface area contributed by atoms with E-state index in [2.05, 4.69) is 27.6 Å². The molecule has 92 valence electrons. The Hall–Kier alpha value is -1.70. The van der Waals surface area contributed by atoms with Crippen LogP contribution in [0.15, 0.2) is 36.5 Å². The van der Waals surface area contributed by atoms with Crippen molar-refractivity contribution in [3.8, 4) is 11.5 Å². The topological polar surface area (TPSA) is 65.3 Å². The highest BCUT2D eigenvalue weighted by Gasteiger charge is 2.10. The first-order chi connectivity index (χ1) is 8.56. The third-order valence-electron chi connectivity index (χ3n) is 2.30. The van der Waals surface area contributed by atoms with Gasteiger partial charge < -0.3 is 4.74 Å². The molecule has 0 fully saturated rings. The van der Waals surface area contributed by atoms with Crippen LogP contribution in [0, 0.1) is 20.7 Å². The first-order valence-corrected chi connectivity index (χ1v) is 6.18. The number of nitro groups is 1. The molecule has 0 bridgehead atoms. The number of halogens is 1. The third-order valence-corrected chi connectivity index (χ3v) is 2.94. The van der Waals surface area contributed by atoms with E-state index in [-0.39, 0.29) is 5.69 Å². The van der Waals surface area contributed by atoms with Gasteiger partial charge in [0.2, 0.25) is 0 Å². The molecule has 0 radical (unpaired) electrons. The third kappa shape index (κ3) is 2.95. The fraction of sp³-hybridized carbons (Fsp3) is 0.0833. The minimum atomic E-state index is -0.411. The number of aromatic nitrogens is 1. The quantitative estimate of drug-likeness (QED) is 0.364. The standard InChI is InChI=1S/C12H9IN2O3/c1-8-6-9(2-4-11(8)15(16)17)18-10-3-5-12(13)14-7-10/h2-7H,1H3. The lowest BCUT2D eigenvalue weighted by molar-refractivity contribution is -0.385. The Morgan fingerprint density at radius 2 is 2.00 bits per heavy atom. The molecule has 2 aromatic rings. The van der Waals surface area contributed by atoms with Gasteiger partial charge in [-0.2, -0.15) is 0 Å². The first kappa shape index (κ1) is 12.7. The van der Waals surface area contributed by atoms with Crippen LogP contribution in [0.1, 0.15) is 5.56 Å². The number of aryl methyl sites for hydroxylation is 1. The summed E-state index contributed by atoms with van der Waals surface area (Å²) in [5.41, 5.74) is 0.652. The lowest BCUT2D eigenvalue weighted by Crippen LogP contribution is -1.92. The minimum absolute atomic E-state index is 0.0862. The van der Waals surface area contributed by atoms with Crippen LogP contribution in [0.3, 0.4) is 0 Å². The Morgan fingerprint density at radius 3 is 2.56 bits per heavy atom. The molecule has 0 saturated carbocycles. The van der Waals surface area contributed by atoms with Crippen LogP contribution in [0.2, 0.25) is 0 Å². The predicted molar refractivity (Wildman–Crippen MR) is 74.9 cm³/mol. The summed E-state index contributed by atoms with van der Waals surface area (Å²) in [6.45, 7) is 1.68. The molecule has 1 aromatic carbocycles. The molecular formula is C12H9IN2O3. The van der Waals surface area contributed by atoms with E-state index in [0.29, 0.717) is 17.1 Å². The van der Waals surface area contributed by atoms with Gasteiger partial charge in [0.25, 0.3) is 5.69 Å². The molecule has 0 atom stereocenters. The zero-order valence-electron chi connectivity index (χ0n) is 9.46. The number of nitrogens with zero attached hydrogens (tertiary/aromatic N) is 2. The van der Waals surface area contributed by atoms with E-state index >= 15 is 0 Å². The van der Waals surface area contributed by atoms with Crippen molar-refractivity contribution in [2.45, 2.75) is 6.92 Å². The summed E-state index contributed by atoms with van der Waals surface area (Å²) < 4.78 is 6.44. The van der Waals surface area contributed by atoms with Gasteiger partial charge in [-0.15, -0.1) is 0 Å². The van der Waals surface area contributed by atoms with Crippen molar-refractivity contribution in [1.82, 2.24) is 4.98 Å². The summed E-state index contributed by atoms with van der Waals surface area (Å²) in [7, 11) is 0. The number of rotatable bonds is 3. The normalized spacial score (nSPS) is 10.1. The maximum atomic E-state index is 10.7. The number of nitro benzene ring substituents is 1. The van der Waals surface area contributed by atoms with Gasteiger partial charge in [-0.1, -0.05) is 0 Å². The number of pyridine rings is 1. The Bertz CT molecular complexity index is 584. The van der Waals surface area contributed by atoms with Crippen molar-refractivity contribution in [3.05, 3.63) is 55.9 Å². The van der Waals surface area contributed by atoms with Crippen LogP contribution >= 0.6 is 22.6 Å². The van der Waals surface area contributed by atoms with Gasteiger partial charge in [0.15, 0.2) is 0 Å². The summed E-state index contributed by atoms with van der Waals surface area (Å²) in [4.78, 5) is 14.4. The molecule has 0 N–H and O–H groups in total. The van der Waals surface area contributed by atoms with E-state index in [4.69, 9.17) is 4.74 Å². The monoisotopic (exact) mass is 356 g/mol. The molecule has 0 spiro atoms. The Kier molecular flexibility index (Phi) is 3.75. The fourth-order valence-corrected chi connectivity index (χ4v) is 1.77. The van der Waals surface area contributed by atoms with Gasteiger partial charge in [0, 0.05) is 11.6 Å². The average molecular weight is 356 g/mol. The van der Waals surface area contributed by atoms with Crippen molar-refractivity contribution in [3.63, 3.8) is 0 Å². The van der Waals surface area contributed by atoms with Crippen LogP contribution in [-0.4, -0.2) is 9.91 Å². The highest BCUT2D eigenvalue weighted by molar-refractivity contribution is 14.1. The van der Waals surface area contributed by atoms with Gasteiger partial charge in [-0.25, -0.2) is 4.98 Å². The van der Waals surface area contributed by atoms with E-state index < -0.39 is 4.92 Å². The maximum absolute atomic E-state index is 10.7. The number of benzene rings is 1. The molecule has 5 nitrogen and oxygen atoms in total. The van der Waals surface area contributed by atoms with Crippen molar-refractivity contribution in [2.75, 3.05) is 0 Å². The second kappa shape index (κ2) is 5.30. The number of hydrogen-bond donors (Lipinski definition) is 0. The maximum Gasteiger partial charge on any atom is 0.272 e. The van der Waals surface area contributed by atoms with Gasteiger partial charge in [-0.3, -0.25) is 10.1 Å². The van der Waals surface area contributed by atoms with Gasteiger partial charge in [0.05, 0.1) is 11.1 Å². The van der Waals surface area contributed by atoms with Crippen LogP contribution < -0.4 is 4.74 Å². The van der Waals surface area contributed by atoms with Crippen molar-refractivity contribution in [2.24, 2.45) is 0 Å². The number of ether oxygens (including phenoxy) is 1. The summed E-state index contributed by atoms with van der Waals surface area (Å²) in [5, 5.41) is 10.7. The zero-order chi connectivity index (χ0) is 13.1. The first-order valence-electron chi connectivity index (χ1n) is 5.11. The lowest BCUT2D eigenvalue weighted by atomic mass is 10.2. The second-order valence-corrected chi connectivity index (χ2v) is 4.73. The Balaban J connectivity index is 2.22. The SMILES string of the molecule is Cc1cc(Oc2ccc(I)nc2)ccc1[N+](=O)[O-]. The summed E-state index contributed by atoms with van der Waals surface area (Å²) in [6.07, 6.45) is 1.61. The molecule has 0 aliphatic rings. The summed E-state index contributed by atoms with van der Waals surface area (Å²) in [6, 6.07) is 8.27. The van der Waals surface area contributed by atoms with Crippen LogP contribution in [0.4, 0.5) is 5.69 Å². The largest absolute Gasteiger partial charge is 0.456 e. The van der Waals surface area contributed by atoms with Crippen molar-refractivity contribution in [1.29, 1.82) is 0 Å². The molecule has 6 heteroatoms. The van der Waals surface area contributed by atoms with E-state index in [1.165, 1.54) is 6.07 Å². The van der Waals surface area contributed by atoms with E-state index in [0.717, 1.165) is 3.70 Å². The van der Waals surface area contributed by atoms with Crippen LogP contribution in [0.5, 0.6) is 11.5 Å². The van der Waals surface area contributed by atoms with Crippen LogP contribution in [-0.2, 0) is 0 Å². The minimum Gasteiger partial charge on any atom is -0.456 e. The van der Waals surface area contributed by atoms with E-state index in [1.54, 1.807) is 31.3 Å². The molecular weight excluding hydrogens is 347 g/mol. The lowest BCUT2D eigenvalue weighted by Gasteiger charge is -2.06. The Morgan fingerprint density at radius 1 is 1.28 bits per heavy atom. The molecule has 1 aromatic heterocycles. The van der Waals surface area contributed by atoms with Crippen LogP contribution in [0.25, 0.3) is 0 Å². The van der Waals surface area contributed by atoms with Gasteiger partial charge >= 0.3 is 0 Å². The summed E-state index contributed by atoms with van der Waals surface area (Å²) >= 11 is 2.10. The van der Waals surface area contributed by atoms with E-state index in [1.807, 2.05) is 6.07 Å². The van der Waals surface area contributed by atoms with Crippen molar-refractivity contribution >= 4 is 28.3 Å². The Labute approximate surface area is 117 Å². The highest BCUT2D eigenvalue weighted by Crippen LogP contribution is 2.26. The molecule has 0 aliphatic heterocycles. The fourth-order valence-electron chi connectivity index (χ4n) is 1.45. The number of hydrogen-bond acceptors (Lipinski definition) is 4. The molecule has 1 heterocycles. The molecule has 0 aliphatic carbocycles. The molecule has 2 rings (SSSR count). The molecule has 0 unspecified atom stereocenters. The highest BCUT2D eigenvalue weighted by atomic mass is 127. The average Bonchev–Trinajstić information content (AvgIpc) is 2.32. The smallest absolute Gasteiger partial charge is 0.272 e. The second-order valence-electron chi connectivity index (χ2n) is 3.62.